The third-order valence-corrected chi connectivity index (χ3v) is 5.15. The topological polar surface area (TPSA) is 55.1 Å². The Kier molecular flexibility index (Phi) is 7.43. The summed E-state index contributed by atoms with van der Waals surface area (Å²) in [5, 5.41) is 12.3. The highest BCUT2D eigenvalue weighted by molar-refractivity contribution is 7.11. The molecule has 0 spiro atoms. The summed E-state index contributed by atoms with van der Waals surface area (Å²) in [6.45, 7) is 5.47. The van der Waals surface area contributed by atoms with Crippen LogP contribution >= 0.6 is 11.3 Å². The number of allylic oxidation sites excluding steroid dienone is 1. The van der Waals surface area contributed by atoms with Crippen LogP contribution in [-0.4, -0.2) is 18.2 Å². The summed E-state index contributed by atoms with van der Waals surface area (Å²) in [5.74, 6) is 1.69. The number of nitriles is 1. The van der Waals surface area contributed by atoms with Gasteiger partial charge in [0.15, 0.2) is 0 Å². The molecular formula is C24H24N2O2S. The third-order valence-electron chi connectivity index (χ3n) is 4.27. The molecule has 3 rings (SSSR count). The van der Waals surface area contributed by atoms with Crippen LogP contribution in [0.4, 0.5) is 0 Å². The van der Waals surface area contributed by atoms with Crippen LogP contribution in [0.5, 0.6) is 11.5 Å². The first kappa shape index (κ1) is 20.6. The number of aromatic nitrogens is 1. The molecule has 0 atom stereocenters. The van der Waals surface area contributed by atoms with Crippen molar-refractivity contribution in [2.24, 2.45) is 0 Å². The molecule has 0 radical (unpaired) electrons. The van der Waals surface area contributed by atoms with Gasteiger partial charge in [-0.3, -0.25) is 0 Å². The lowest BCUT2D eigenvalue weighted by atomic mass is 10.1. The third kappa shape index (κ3) is 5.69. The zero-order valence-electron chi connectivity index (χ0n) is 16.7. The Morgan fingerprint density at radius 2 is 1.72 bits per heavy atom. The molecule has 1 aromatic heterocycles. The van der Waals surface area contributed by atoms with E-state index in [1.54, 1.807) is 0 Å². The second-order valence-electron chi connectivity index (χ2n) is 6.44. The van der Waals surface area contributed by atoms with Crippen LogP contribution in [0.1, 0.15) is 37.3 Å². The van der Waals surface area contributed by atoms with Crippen molar-refractivity contribution < 1.29 is 9.47 Å². The molecule has 3 aromatic rings. The lowest BCUT2D eigenvalue weighted by molar-refractivity contribution is 0.309. The van der Waals surface area contributed by atoms with E-state index in [1.165, 1.54) is 11.3 Å². The van der Waals surface area contributed by atoms with E-state index in [1.807, 2.05) is 66.9 Å². The van der Waals surface area contributed by atoms with E-state index in [4.69, 9.17) is 9.47 Å². The van der Waals surface area contributed by atoms with Crippen LogP contribution in [0, 0.1) is 11.3 Å². The minimum Gasteiger partial charge on any atom is -0.494 e. The van der Waals surface area contributed by atoms with Gasteiger partial charge in [0.2, 0.25) is 0 Å². The van der Waals surface area contributed by atoms with E-state index in [2.05, 4.69) is 18.0 Å². The van der Waals surface area contributed by atoms with Gasteiger partial charge >= 0.3 is 0 Å². The fraction of sp³-hybridized carbons (Fsp3) is 0.250. The second kappa shape index (κ2) is 10.4. The first-order valence-corrected chi connectivity index (χ1v) is 10.6. The molecule has 0 amide bonds. The SMILES string of the molecule is CCCCOc1ccc(/C=C(\C#N)c2nc(-c3ccc(OCC)cc3)cs2)cc1. The maximum atomic E-state index is 9.62. The lowest BCUT2D eigenvalue weighted by Gasteiger charge is -2.05. The van der Waals surface area contributed by atoms with Crippen LogP contribution in [0.25, 0.3) is 22.9 Å². The van der Waals surface area contributed by atoms with E-state index in [0.29, 0.717) is 17.2 Å². The maximum Gasteiger partial charge on any atom is 0.134 e. The zero-order valence-corrected chi connectivity index (χ0v) is 17.5. The Balaban J connectivity index is 1.74. The summed E-state index contributed by atoms with van der Waals surface area (Å²) in [4.78, 5) is 4.65. The van der Waals surface area contributed by atoms with Crippen molar-refractivity contribution in [3.05, 3.63) is 64.5 Å². The van der Waals surface area contributed by atoms with Crippen LogP contribution in [0.2, 0.25) is 0 Å². The first-order chi connectivity index (χ1) is 14.2. The number of hydrogen-bond donors (Lipinski definition) is 0. The van der Waals surface area contributed by atoms with Gasteiger partial charge in [-0.25, -0.2) is 4.98 Å². The predicted molar refractivity (Wildman–Crippen MR) is 119 cm³/mol. The lowest BCUT2D eigenvalue weighted by Crippen LogP contribution is -1.95. The average molecular weight is 405 g/mol. The highest BCUT2D eigenvalue weighted by Gasteiger charge is 2.09. The predicted octanol–water partition coefficient (Wildman–Crippen LogP) is 6.45. The van der Waals surface area contributed by atoms with Crippen molar-refractivity contribution in [1.82, 2.24) is 4.98 Å². The van der Waals surface area contributed by atoms with E-state index in [0.717, 1.165) is 47.8 Å². The van der Waals surface area contributed by atoms with Crippen molar-refractivity contribution in [2.45, 2.75) is 26.7 Å². The minimum absolute atomic E-state index is 0.548. The van der Waals surface area contributed by atoms with Gasteiger partial charge in [-0.1, -0.05) is 25.5 Å². The van der Waals surface area contributed by atoms with Crippen molar-refractivity contribution in [3.63, 3.8) is 0 Å². The number of unbranched alkanes of at least 4 members (excludes halogenated alkanes) is 1. The van der Waals surface area contributed by atoms with Gasteiger partial charge in [0.25, 0.3) is 0 Å². The number of hydrogen-bond acceptors (Lipinski definition) is 5. The van der Waals surface area contributed by atoms with Gasteiger partial charge in [0.05, 0.1) is 24.5 Å². The fourth-order valence-corrected chi connectivity index (χ4v) is 3.52. The maximum absolute atomic E-state index is 9.62. The molecule has 0 N–H and O–H groups in total. The molecule has 0 saturated carbocycles. The molecule has 0 aliphatic heterocycles. The van der Waals surface area contributed by atoms with Crippen LogP contribution in [0.15, 0.2) is 53.9 Å². The summed E-state index contributed by atoms with van der Waals surface area (Å²) in [5.41, 5.74) is 3.35. The van der Waals surface area contributed by atoms with Gasteiger partial charge in [0, 0.05) is 10.9 Å². The second-order valence-corrected chi connectivity index (χ2v) is 7.29. The number of rotatable bonds is 9. The Labute approximate surface area is 176 Å². The van der Waals surface area contributed by atoms with E-state index >= 15 is 0 Å². The first-order valence-electron chi connectivity index (χ1n) is 9.77. The number of thiazole rings is 1. The number of ether oxygens (including phenoxy) is 2. The summed E-state index contributed by atoms with van der Waals surface area (Å²) in [7, 11) is 0. The number of nitrogens with zero attached hydrogens (tertiary/aromatic N) is 2. The molecule has 0 fully saturated rings. The number of benzene rings is 2. The van der Waals surface area contributed by atoms with Crippen LogP contribution in [0.3, 0.4) is 0 Å². The Hall–Kier alpha value is -3.10. The Morgan fingerprint density at radius 1 is 1.03 bits per heavy atom. The highest BCUT2D eigenvalue weighted by Crippen LogP contribution is 2.28. The minimum atomic E-state index is 0.548. The summed E-state index contributed by atoms with van der Waals surface area (Å²) in [6, 6.07) is 17.9. The van der Waals surface area contributed by atoms with E-state index in [-0.39, 0.29) is 0 Å². The molecule has 1 heterocycles. The largest absolute Gasteiger partial charge is 0.494 e. The molecular weight excluding hydrogens is 380 g/mol. The monoisotopic (exact) mass is 404 g/mol. The summed E-state index contributed by atoms with van der Waals surface area (Å²) < 4.78 is 11.2. The molecule has 0 unspecified atom stereocenters. The molecule has 148 valence electrons. The van der Waals surface area contributed by atoms with Crippen LogP contribution in [-0.2, 0) is 0 Å². The molecule has 5 heteroatoms. The molecule has 2 aromatic carbocycles. The summed E-state index contributed by atoms with van der Waals surface area (Å²) >= 11 is 1.47. The van der Waals surface area contributed by atoms with Crippen molar-refractivity contribution in [3.8, 4) is 28.8 Å². The average Bonchev–Trinajstić information content (AvgIpc) is 3.24. The normalized spacial score (nSPS) is 11.1. The molecule has 0 bridgehead atoms. The van der Waals surface area contributed by atoms with Gasteiger partial charge in [-0.15, -0.1) is 11.3 Å². The van der Waals surface area contributed by atoms with E-state index in [9.17, 15) is 5.26 Å². The van der Waals surface area contributed by atoms with Crippen LogP contribution < -0.4 is 9.47 Å². The standard InChI is InChI=1S/C24H24N2O2S/c1-3-5-14-28-22-10-6-18(7-11-22)15-20(16-25)24-26-23(17-29-24)19-8-12-21(13-9-19)27-4-2/h6-13,15,17H,3-5,14H2,1-2H3/b20-15+. The molecule has 4 nitrogen and oxygen atoms in total. The van der Waals surface area contributed by atoms with Crippen molar-refractivity contribution in [1.29, 1.82) is 5.26 Å². The molecule has 0 aliphatic carbocycles. The zero-order chi connectivity index (χ0) is 20.5. The molecule has 0 aliphatic rings. The highest BCUT2D eigenvalue weighted by atomic mass is 32.1. The Bertz CT molecular complexity index is 983. The Morgan fingerprint density at radius 3 is 2.38 bits per heavy atom. The van der Waals surface area contributed by atoms with Gasteiger partial charge in [0.1, 0.15) is 22.6 Å². The van der Waals surface area contributed by atoms with Gasteiger partial charge < -0.3 is 9.47 Å². The smallest absolute Gasteiger partial charge is 0.134 e. The molecule has 29 heavy (non-hydrogen) atoms. The van der Waals surface area contributed by atoms with E-state index < -0.39 is 0 Å². The van der Waals surface area contributed by atoms with Crippen molar-refractivity contribution in [2.75, 3.05) is 13.2 Å². The van der Waals surface area contributed by atoms with Crippen molar-refractivity contribution >= 4 is 23.0 Å². The quantitative estimate of drug-likeness (QED) is 0.304. The van der Waals surface area contributed by atoms with Gasteiger partial charge in [-0.2, -0.15) is 5.26 Å². The van der Waals surface area contributed by atoms with Gasteiger partial charge in [-0.05, 0) is 61.4 Å². The molecule has 0 saturated heterocycles. The fourth-order valence-electron chi connectivity index (χ4n) is 2.72. The summed E-state index contributed by atoms with van der Waals surface area (Å²) in [6.07, 6.45) is 4.01.